The van der Waals surface area contributed by atoms with Crippen LogP contribution in [-0.2, 0) is 9.53 Å². The van der Waals surface area contributed by atoms with Gasteiger partial charge in [0.15, 0.2) is 0 Å². The molecule has 3 rings (SSSR count). The number of carbonyl (C=O) groups is 1. The van der Waals surface area contributed by atoms with Crippen LogP contribution in [0.3, 0.4) is 0 Å². The molecule has 1 fully saturated rings. The van der Waals surface area contributed by atoms with Gasteiger partial charge in [-0.05, 0) is 38.8 Å². The average Bonchev–Trinajstić information content (AvgIpc) is 3.01. The van der Waals surface area contributed by atoms with Crippen molar-refractivity contribution in [1.82, 2.24) is 4.90 Å². The lowest BCUT2D eigenvalue weighted by molar-refractivity contribution is -0.431. The minimum absolute atomic E-state index is 0.0437. The van der Waals surface area contributed by atoms with Crippen molar-refractivity contribution >= 4 is 11.7 Å². The van der Waals surface area contributed by atoms with Crippen LogP contribution in [0, 0.1) is 17.0 Å². The van der Waals surface area contributed by atoms with Crippen LogP contribution >= 0.6 is 0 Å². The molecule has 0 radical (unpaired) electrons. The molecule has 2 aliphatic rings. The van der Waals surface area contributed by atoms with Crippen molar-refractivity contribution in [1.29, 1.82) is 0 Å². The van der Waals surface area contributed by atoms with Gasteiger partial charge in [-0.15, -0.1) is 0 Å². The maximum atomic E-state index is 12.5. The zero-order valence-corrected chi connectivity index (χ0v) is 13.9. The first-order chi connectivity index (χ1) is 11.5. The Kier molecular flexibility index (Phi) is 4.42. The summed E-state index contributed by atoms with van der Waals surface area (Å²) >= 11 is 0. The van der Waals surface area contributed by atoms with E-state index in [0.29, 0.717) is 18.8 Å². The molecular weight excluding hydrogens is 310 g/mol. The monoisotopic (exact) mass is 331 g/mol. The molecule has 0 saturated carbocycles. The summed E-state index contributed by atoms with van der Waals surface area (Å²) < 4.78 is 5.15. The van der Waals surface area contributed by atoms with Gasteiger partial charge >= 0.3 is 5.97 Å². The number of allylic oxidation sites excluding steroid dienone is 1. The number of rotatable bonds is 4. The third kappa shape index (κ3) is 2.81. The van der Waals surface area contributed by atoms with Crippen molar-refractivity contribution in [2.75, 3.05) is 24.7 Å². The van der Waals surface area contributed by atoms with Crippen LogP contribution in [0.15, 0.2) is 35.7 Å². The van der Waals surface area contributed by atoms with Crippen LogP contribution in [0.25, 0.3) is 0 Å². The summed E-state index contributed by atoms with van der Waals surface area (Å²) in [5.41, 5.74) is 2.50. The number of esters is 1. The van der Waals surface area contributed by atoms with Gasteiger partial charge in [0.2, 0.25) is 6.04 Å². The number of anilines is 1. The largest absolute Gasteiger partial charge is 0.464 e. The Morgan fingerprint density at radius 1 is 1.38 bits per heavy atom. The third-order valence-electron chi connectivity index (χ3n) is 4.48. The Labute approximate surface area is 140 Å². The SMILES string of the molecule is CCOC(=O)C1C([N+](=O)[O-])=C2CCCN2CN1c1ccc(C)cc1. The molecule has 2 aliphatic heterocycles. The van der Waals surface area contributed by atoms with E-state index >= 15 is 0 Å². The molecule has 0 aliphatic carbocycles. The van der Waals surface area contributed by atoms with Gasteiger partial charge in [0.05, 0.1) is 23.9 Å². The standard InChI is InChI=1S/C17H21N3O4/c1-3-24-17(21)16-15(20(22)23)14-5-4-10-18(14)11-19(16)13-8-6-12(2)7-9-13/h6-9,16H,3-5,10-11H2,1-2H3. The molecular formula is C17H21N3O4. The first-order valence-electron chi connectivity index (χ1n) is 8.15. The number of ether oxygens (including phenoxy) is 1. The number of hydrogen-bond acceptors (Lipinski definition) is 6. The summed E-state index contributed by atoms with van der Waals surface area (Å²) in [6, 6.07) is 6.64. The number of fused-ring (bicyclic) bond motifs is 1. The molecule has 7 nitrogen and oxygen atoms in total. The zero-order valence-electron chi connectivity index (χ0n) is 13.9. The van der Waals surface area contributed by atoms with Gasteiger partial charge in [0.1, 0.15) is 0 Å². The molecule has 0 spiro atoms. The minimum atomic E-state index is -1.01. The van der Waals surface area contributed by atoms with Crippen LogP contribution in [0.2, 0.25) is 0 Å². The number of benzene rings is 1. The van der Waals surface area contributed by atoms with E-state index in [1.165, 1.54) is 0 Å². The fourth-order valence-electron chi connectivity index (χ4n) is 3.38. The van der Waals surface area contributed by atoms with Crippen LogP contribution in [0.4, 0.5) is 5.69 Å². The molecule has 1 atom stereocenters. The Hall–Kier alpha value is -2.57. The first kappa shape index (κ1) is 16.3. The summed E-state index contributed by atoms with van der Waals surface area (Å²) in [5.74, 6) is -0.566. The maximum absolute atomic E-state index is 12.5. The van der Waals surface area contributed by atoms with Crippen molar-refractivity contribution in [3.63, 3.8) is 0 Å². The Balaban J connectivity index is 2.08. The van der Waals surface area contributed by atoms with E-state index in [1.807, 2.05) is 36.1 Å². The highest BCUT2D eigenvalue weighted by Crippen LogP contribution is 2.35. The van der Waals surface area contributed by atoms with Gasteiger partial charge in [-0.2, -0.15) is 0 Å². The van der Waals surface area contributed by atoms with Gasteiger partial charge < -0.3 is 14.5 Å². The highest BCUT2D eigenvalue weighted by molar-refractivity contribution is 5.84. The molecule has 1 aromatic rings. The molecule has 0 amide bonds. The van der Waals surface area contributed by atoms with E-state index in [-0.39, 0.29) is 12.3 Å². The fourth-order valence-corrected chi connectivity index (χ4v) is 3.38. The van der Waals surface area contributed by atoms with E-state index in [4.69, 9.17) is 4.74 Å². The van der Waals surface area contributed by atoms with E-state index < -0.39 is 16.9 Å². The number of carbonyl (C=O) groups excluding carboxylic acids is 1. The summed E-state index contributed by atoms with van der Waals surface area (Å²) in [6.07, 6.45) is 1.50. The van der Waals surface area contributed by atoms with E-state index in [0.717, 1.165) is 24.2 Å². The molecule has 7 heteroatoms. The van der Waals surface area contributed by atoms with Crippen LogP contribution in [0.5, 0.6) is 0 Å². The Bertz CT molecular complexity index is 684. The number of aryl methyl sites for hydroxylation is 1. The molecule has 1 saturated heterocycles. The van der Waals surface area contributed by atoms with E-state index in [9.17, 15) is 14.9 Å². The Morgan fingerprint density at radius 2 is 2.08 bits per heavy atom. The summed E-state index contributed by atoms with van der Waals surface area (Å²) in [6.45, 7) is 5.10. The van der Waals surface area contributed by atoms with E-state index in [2.05, 4.69) is 0 Å². The van der Waals surface area contributed by atoms with Crippen LogP contribution in [0.1, 0.15) is 25.3 Å². The predicted octanol–water partition coefficient (Wildman–Crippen LogP) is 2.29. The van der Waals surface area contributed by atoms with Crippen molar-refractivity contribution in [3.05, 3.63) is 51.3 Å². The van der Waals surface area contributed by atoms with Crippen molar-refractivity contribution in [2.45, 2.75) is 32.7 Å². The molecule has 0 bridgehead atoms. The van der Waals surface area contributed by atoms with Crippen molar-refractivity contribution in [2.24, 2.45) is 0 Å². The number of nitro groups is 1. The quantitative estimate of drug-likeness (QED) is 0.479. The maximum Gasteiger partial charge on any atom is 0.340 e. The Morgan fingerprint density at radius 3 is 2.71 bits per heavy atom. The third-order valence-corrected chi connectivity index (χ3v) is 4.48. The number of nitrogens with zero attached hydrogens (tertiary/aromatic N) is 3. The molecule has 24 heavy (non-hydrogen) atoms. The van der Waals surface area contributed by atoms with Crippen molar-refractivity contribution in [3.8, 4) is 0 Å². The summed E-state index contributed by atoms with van der Waals surface area (Å²) in [4.78, 5) is 27.6. The van der Waals surface area contributed by atoms with Crippen molar-refractivity contribution < 1.29 is 14.5 Å². The second-order valence-corrected chi connectivity index (χ2v) is 6.06. The van der Waals surface area contributed by atoms with Gasteiger partial charge in [-0.25, -0.2) is 4.79 Å². The molecule has 128 valence electrons. The van der Waals surface area contributed by atoms with Gasteiger partial charge in [0.25, 0.3) is 5.70 Å². The average molecular weight is 331 g/mol. The molecule has 0 aromatic heterocycles. The first-order valence-corrected chi connectivity index (χ1v) is 8.15. The summed E-state index contributed by atoms with van der Waals surface area (Å²) in [5, 5.41) is 11.7. The summed E-state index contributed by atoms with van der Waals surface area (Å²) in [7, 11) is 0. The molecule has 2 heterocycles. The van der Waals surface area contributed by atoms with Gasteiger partial charge in [-0.1, -0.05) is 17.7 Å². The minimum Gasteiger partial charge on any atom is -0.464 e. The highest BCUT2D eigenvalue weighted by atomic mass is 16.6. The topological polar surface area (TPSA) is 75.9 Å². The molecule has 1 unspecified atom stereocenters. The highest BCUT2D eigenvalue weighted by Gasteiger charge is 2.47. The van der Waals surface area contributed by atoms with Crippen LogP contribution < -0.4 is 4.90 Å². The normalized spacial score (nSPS) is 20.2. The van der Waals surface area contributed by atoms with Crippen LogP contribution in [-0.4, -0.2) is 41.7 Å². The fraction of sp³-hybridized carbons (Fsp3) is 0.471. The molecule has 0 N–H and O–H groups in total. The second-order valence-electron chi connectivity index (χ2n) is 6.06. The predicted molar refractivity (Wildman–Crippen MR) is 88.9 cm³/mol. The van der Waals surface area contributed by atoms with E-state index in [1.54, 1.807) is 11.8 Å². The second kappa shape index (κ2) is 6.51. The smallest absolute Gasteiger partial charge is 0.340 e. The van der Waals surface area contributed by atoms with Gasteiger partial charge in [0, 0.05) is 12.2 Å². The zero-order chi connectivity index (χ0) is 17.3. The molecule has 1 aromatic carbocycles. The lowest BCUT2D eigenvalue weighted by Gasteiger charge is -2.39. The number of hydrogen-bond donors (Lipinski definition) is 0. The van der Waals surface area contributed by atoms with Gasteiger partial charge in [-0.3, -0.25) is 10.1 Å². The lowest BCUT2D eigenvalue weighted by Crippen LogP contribution is -2.54. The lowest BCUT2D eigenvalue weighted by atomic mass is 10.1.